The van der Waals surface area contributed by atoms with Gasteiger partial charge in [-0.1, -0.05) is 6.42 Å². The van der Waals surface area contributed by atoms with Crippen LogP contribution in [-0.2, 0) is 0 Å². The Labute approximate surface area is 85.4 Å². The molecule has 1 N–H and O–H groups in total. The average Bonchev–Trinajstić information content (AvgIpc) is 2.02. The molecule has 2 nitrogen and oxygen atoms in total. The summed E-state index contributed by atoms with van der Waals surface area (Å²) in [6.07, 6.45) is 4.30. The van der Waals surface area contributed by atoms with E-state index in [1.54, 1.807) is 0 Å². The van der Waals surface area contributed by atoms with Crippen LogP contribution in [0.3, 0.4) is 0 Å². The highest BCUT2D eigenvalue weighted by Gasteiger charge is 2.24. The van der Waals surface area contributed by atoms with Crippen molar-refractivity contribution in [3.05, 3.63) is 0 Å². The lowest BCUT2D eigenvalue weighted by Gasteiger charge is -2.37. The number of likely N-dealkylation sites (N-methyl/N-ethyl adjacent to an activating group) is 1. The maximum absolute atomic E-state index is 3.59. The molecule has 1 unspecified atom stereocenters. The van der Waals surface area contributed by atoms with E-state index in [4.69, 9.17) is 0 Å². The van der Waals surface area contributed by atoms with Gasteiger partial charge in [-0.05, 0) is 19.9 Å². The van der Waals surface area contributed by atoms with Crippen LogP contribution in [0.15, 0.2) is 0 Å². The van der Waals surface area contributed by atoms with Crippen LogP contribution in [0.5, 0.6) is 0 Å². The smallest absolute Gasteiger partial charge is 0.0285 e. The van der Waals surface area contributed by atoms with Crippen LogP contribution in [0.25, 0.3) is 0 Å². The van der Waals surface area contributed by atoms with Crippen LogP contribution in [0, 0.1) is 0 Å². The minimum atomic E-state index is 0.740. The molecule has 2 aliphatic rings. The number of hydrogen-bond acceptors (Lipinski definition) is 3. The van der Waals surface area contributed by atoms with Crippen molar-refractivity contribution in [2.45, 2.75) is 31.3 Å². The molecular formula is C10H20N2S. The molecule has 2 rings (SSSR count). The average molecular weight is 200 g/mol. The first-order chi connectivity index (χ1) is 6.36. The minimum Gasteiger partial charge on any atom is -0.311 e. The highest BCUT2D eigenvalue weighted by Crippen LogP contribution is 2.23. The monoisotopic (exact) mass is 200 g/mol. The first kappa shape index (κ1) is 9.81. The largest absolute Gasteiger partial charge is 0.311 e. The van der Waals surface area contributed by atoms with E-state index in [9.17, 15) is 0 Å². The number of nitrogens with zero attached hydrogens (tertiary/aromatic N) is 1. The summed E-state index contributed by atoms with van der Waals surface area (Å²) in [7, 11) is 2.28. The molecule has 1 saturated heterocycles. The zero-order valence-corrected chi connectivity index (χ0v) is 9.28. The molecule has 3 heteroatoms. The molecule has 1 saturated carbocycles. The van der Waals surface area contributed by atoms with Gasteiger partial charge in [0.15, 0.2) is 0 Å². The fraction of sp³-hybridized carbons (Fsp3) is 1.00. The predicted molar refractivity (Wildman–Crippen MR) is 59.4 cm³/mol. The van der Waals surface area contributed by atoms with Gasteiger partial charge in [-0.2, -0.15) is 11.8 Å². The quantitative estimate of drug-likeness (QED) is 0.736. The van der Waals surface area contributed by atoms with Crippen molar-refractivity contribution in [1.29, 1.82) is 0 Å². The third kappa shape index (κ3) is 2.61. The molecule has 0 bridgehead atoms. The molecular weight excluding hydrogens is 180 g/mol. The van der Waals surface area contributed by atoms with E-state index in [2.05, 4.69) is 29.0 Å². The van der Waals surface area contributed by atoms with Crippen molar-refractivity contribution in [3.8, 4) is 0 Å². The fourth-order valence-corrected chi connectivity index (χ4v) is 3.00. The number of hydrogen-bond donors (Lipinski definition) is 1. The van der Waals surface area contributed by atoms with E-state index in [0.717, 1.165) is 12.1 Å². The molecule has 1 atom stereocenters. The first-order valence-electron chi connectivity index (χ1n) is 5.37. The number of nitrogens with one attached hydrogen (secondary N) is 1. The Balaban J connectivity index is 1.69. The Morgan fingerprint density at radius 2 is 2.31 bits per heavy atom. The van der Waals surface area contributed by atoms with E-state index in [0.29, 0.717) is 0 Å². The third-order valence-corrected chi connectivity index (χ3v) is 4.34. The standard InChI is InChI=1S/C10H20N2S/c1-12(10-3-2-4-10)7-9-8-13-6-5-11-9/h9-11H,2-8H2,1H3. The van der Waals surface area contributed by atoms with Crippen molar-refractivity contribution in [2.24, 2.45) is 0 Å². The van der Waals surface area contributed by atoms with Gasteiger partial charge in [-0.25, -0.2) is 0 Å². The van der Waals surface area contributed by atoms with Gasteiger partial charge in [0.05, 0.1) is 0 Å². The lowest BCUT2D eigenvalue weighted by molar-refractivity contribution is 0.148. The first-order valence-corrected chi connectivity index (χ1v) is 6.53. The van der Waals surface area contributed by atoms with Crippen molar-refractivity contribution < 1.29 is 0 Å². The highest BCUT2D eigenvalue weighted by molar-refractivity contribution is 7.99. The summed E-state index contributed by atoms with van der Waals surface area (Å²) in [6, 6.07) is 1.64. The molecule has 1 aliphatic heterocycles. The van der Waals surface area contributed by atoms with Gasteiger partial charge < -0.3 is 10.2 Å². The second kappa shape index (κ2) is 4.67. The van der Waals surface area contributed by atoms with Crippen LogP contribution in [0.2, 0.25) is 0 Å². The summed E-state index contributed by atoms with van der Waals surface area (Å²) in [5.41, 5.74) is 0. The number of thioether (sulfide) groups is 1. The lowest BCUT2D eigenvalue weighted by atomic mass is 9.91. The predicted octanol–water partition coefficient (Wildman–Crippen LogP) is 1.18. The van der Waals surface area contributed by atoms with Crippen LogP contribution in [-0.4, -0.2) is 48.6 Å². The van der Waals surface area contributed by atoms with Gasteiger partial charge in [0.1, 0.15) is 0 Å². The molecule has 0 spiro atoms. The molecule has 13 heavy (non-hydrogen) atoms. The molecule has 0 amide bonds. The molecule has 76 valence electrons. The molecule has 0 radical (unpaired) electrons. The lowest BCUT2D eigenvalue weighted by Crippen LogP contribution is -2.49. The summed E-state index contributed by atoms with van der Waals surface area (Å²) < 4.78 is 0. The van der Waals surface area contributed by atoms with E-state index in [1.165, 1.54) is 43.9 Å². The Morgan fingerprint density at radius 1 is 1.46 bits per heavy atom. The zero-order chi connectivity index (χ0) is 9.10. The topological polar surface area (TPSA) is 15.3 Å². The summed E-state index contributed by atoms with van der Waals surface area (Å²) in [5.74, 6) is 2.60. The zero-order valence-electron chi connectivity index (χ0n) is 8.46. The maximum atomic E-state index is 3.59. The van der Waals surface area contributed by atoms with Gasteiger partial charge in [0, 0.05) is 36.7 Å². The van der Waals surface area contributed by atoms with Crippen LogP contribution >= 0.6 is 11.8 Å². The third-order valence-electron chi connectivity index (χ3n) is 3.20. The van der Waals surface area contributed by atoms with E-state index >= 15 is 0 Å². The SMILES string of the molecule is CN(CC1CSCCN1)C1CCC1. The molecule has 0 aromatic carbocycles. The summed E-state index contributed by atoms with van der Waals surface area (Å²) >= 11 is 2.09. The molecule has 2 fully saturated rings. The Hall–Kier alpha value is 0.270. The molecule has 1 heterocycles. The second-order valence-electron chi connectivity index (χ2n) is 4.25. The van der Waals surface area contributed by atoms with Gasteiger partial charge >= 0.3 is 0 Å². The van der Waals surface area contributed by atoms with Crippen molar-refractivity contribution in [2.75, 3.05) is 31.6 Å². The molecule has 1 aliphatic carbocycles. The van der Waals surface area contributed by atoms with Gasteiger partial charge in [0.2, 0.25) is 0 Å². The van der Waals surface area contributed by atoms with E-state index in [1.807, 2.05) is 0 Å². The molecule has 0 aromatic heterocycles. The summed E-state index contributed by atoms with van der Waals surface area (Å²) in [4.78, 5) is 2.55. The fourth-order valence-electron chi connectivity index (χ4n) is 2.06. The van der Waals surface area contributed by atoms with Gasteiger partial charge in [-0.3, -0.25) is 0 Å². The van der Waals surface area contributed by atoms with Crippen LogP contribution in [0.4, 0.5) is 0 Å². The van der Waals surface area contributed by atoms with Crippen molar-refractivity contribution in [3.63, 3.8) is 0 Å². The van der Waals surface area contributed by atoms with Crippen molar-refractivity contribution in [1.82, 2.24) is 10.2 Å². The van der Waals surface area contributed by atoms with Crippen molar-refractivity contribution >= 4 is 11.8 Å². The highest BCUT2D eigenvalue weighted by atomic mass is 32.2. The van der Waals surface area contributed by atoms with E-state index in [-0.39, 0.29) is 0 Å². The second-order valence-corrected chi connectivity index (χ2v) is 5.40. The number of rotatable bonds is 3. The van der Waals surface area contributed by atoms with Crippen LogP contribution in [0.1, 0.15) is 19.3 Å². The Bertz CT molecular complexity index is 153. The summed E-state index contributed by atoms with van der Waals surface area (Å²) in [6.45, 7) is 2.45. The van der Waals surface area contributed by atoms with Crippen LogP contribution < -0.4 is 5.32 Å². The Kier molecular flexibility index (Phi) is 3.52. The maximum Gasteiger partial charge on any atom is 0.0285 e. The minimum absolute atomic E-state index is 0.740. The molecule has 0 aromatic rings. The van der Waals surface area contributed by atoms with E-state index < -0.39 is 0 Å². The van der Waals surface area contributed by atoms with Gasteiger partial charge in [0.25, 0.3) is 0 Å². The summed E-state index contributed by atoms with van der Waals surface area (Å²) in [5, 5.41) is 3.59. The Morgan fingerprint density at radius 3 is 2.85 bits per heavy atom. The van der Waals surface area contributed by atoms with Gasteiger partial charge in [-0.15, -0.1) is 0 Å². The normalized spacial score (nSPS) is 30.5.